The van der Waals surface area contributed by atoms with E-state index in [1.807, 2.05) is 0 Å². The molecule has 6 rings (SSSR count). The summed E-state index contributed by atoms with van der Waals surface area (Å²) in [4.78, 5) is 2.37. The van der Waals surface area contributed by atoms with Gasteiger partial charge in [-0.25, -0.2) is 0 Å². The maximum atomic E-state index is 2.38. The summed E-state index contributed by atoms with van der Waals surface area (Å²) in [7, 11) is 0. The molecule has 0 unspecified atom stereocenters. The van der Waals surface area contributed by atoms with Crippen molar-refractivity contribution < 1.29 is 0 Å². The average molecular weight is 551 g/mol. The summed E-state index contributed by atoms with van der Waals surface area (Å²) < 4.78 is 2.38. The summed E-state index contributed by atoms with van der Waals surface area (Å²) in [5.41, 5.74) is 10.1. The second-order valence-corrected chi connectivity index (χ2v) is 13.2. The Morgan fingerprint density at radius 3 is 1.40 bits per heavy atom. The molecule has 0 amide bonds. The Kier molecular flexibility index (Phi) is 7.19. The van der Waals surface area contributed by atoms with Crippen molar-refractivity contribution in [1.29, 1.82) is 0 Å². The first-order valence-corrected chi connectivity index (χ1v) is 15.3. The van der Waals surface area contributed by atoms with E-state index in [-0.39, 0.29) is 10.8 Å². The SMILES string of the molecule is CCCC(C)(C)c1ccc(N(c2ccc(-n3c4ccccc4c4ccccc43)cc2)c2ccc(C(C)(C)C)cc2)cc1. The topological polar surface area (TPSA) is 8.17 Å². The van der Waals surface area contributed by atoms with Gasteiger partial charge in [0, 0.05) is 33.5 Å². The number of nitrogens with zero attached hydrogens (tertiary/aromatic N) is 2. The van der Waals surface area contributed by atoms with Gasteiger partial charge >= 0.3 is 0 Å². The lowest BCUT2D eigenvalue weighted by Gasteiger charge is -2.29. The molecule has 0 aliphatic carbocycles. The lowest BCUT2D eigenvalue weighted by molar-refractivity contribution is 0.473. The molecule has 1 aromatic heterocycles. The molecule has 0 spiro atoms. The lowest BCUT2D eigenvalue weighted by Crippen LogP contribution is -2.17. The number of benzene rings is 5. The van der Waals surface area contributed by atoms with Gasteiger partial charge in [-0.2, -0.15) is 0 Å². The molecule has 0 bridgehead atoms. The fraction of sp³-hybridized carbons (Fsp3) is 0.250. The standard InChI is InChI=1S/C40H42N2/c1-7-28-40(5,6)30-18-22-32(23-19-30)41(31-20-16-29(17-21-31)39(2,3)4)33-24-26-34(27-25-33)42-37-14-10-8-12-35(37)36-13-9-11-15-38(36)42/h8-27H,7,28H2,1-6H3. The Morgan fingerprint density at radius 2 is 0.952 bits per heavy atom. The minimum atomic E-state index is 0.111. The van der Waals surface area contributed by atoms with E-state index in [0.717, 1.165) is 17.1 Å². The summed E-state index contributed by atoms with van der Waals surface area (Å²) >= 11 is 0. The molecule has 0 radical (unpaired) electrons. The van der Waals surface area contributed by atoms with E-state index in [9.17, 15) is 0 Å². The van der Waals surface area contributed by atoms with Crippen molar-refractivity contribution >= 4 is 38.9 Å². The van der Waals surface area contributed by atoms with E-state index in [2.05, 4.69) is 172 Å². The van der Waals surface area contributed by atoms with Crippen molar-refractivity contribution in [2.75, 3.05) is 4.90 Å². The van der Waals surface area contributed by atoms with E-state index in [0.29, 0.717) is 0 Å². The van der Waals surface area contributed by atoms with Gasteiger partial charge in [-0.1, -0.05) is 109 Å². The molecule has 212 valence electrons. The zero-order valence-electron chi connectivity index (χ0n) is 25.9. The third-order valence-corrected chi connectivity index (χ3v) is 8.72. The van der Waals surface area contributed by atoms with Crippen LogP contribution in [-0.4, -0.2) is 4.57 Å². The molecule has 0 fully saturated rings. The van der Waals surface area contributed by atoms with Crippen LogP contribution in [0.5, 0.6) is 0 Å². The highest BCUT2D eigenvalue weighted by Gasteiger charge is 2.21. The molecule has 0 aliphatic rings. The number of hydrogen-bond acceptors (Lipinski definition) is 1. The van der Waals surface area contributed by atoms with Crippen LogP contribution in [0.25, 0.3) is 27.5 Å². The van der Waals surface area contributed by atoms with E-state index in [1.165, 1.54) is 51.5 Å². The number of fused-ring (bicyclic) bond motifs is 3. The molecule has 1 heterocycles. The van der Waals surface area contributed by atoms with Gasteiger partial charge in [0.25, 0.3) is 0 Å². The molecule has 2 nitrogen and oxygen atoms in total. The van der Waals surface area contributed by atoms with Crippen molar-refractivity contribution in [3.8, 4) is 5.69 Å². The summed E-state index contributed by atoms with van der Waals surface area (Å²) in [6.07, 6.45) is 2.36. The van der Waals surface area contributed by atoms with Gasteiger partial charge in [-0.05, 0) is 89.0 Å². The third kappa shape index (κ3) is 5.11. The van der Waals surface area contributed by atoms with Crippen LogP contribution in [0.3, 0.4) is 0 Å². The van der Waals surface area contributed by atoms with Crippen LogP contribution in [0, 0.1) is 0 Å². The fourth-order valence-electron chi connectivity index (χ4n) is 6.34. The Bertz CT molecular complexity index is 1760. The van der Waals surface area contributed by atoms with Gasteiger partial charge in [0.05, 0.1) is 11.0 Å². The molecule has 0 saturated carbocycles. The van der Waals surface area contributed by atoms with Crippen molar-refractivity contribution in [2.24, 2.45) is 0 Å². The Morgan fingerprint density at radius 1 is 0.524 bits per heavy atom. The van der Waals surface area contributed by atoms with Gasteiger partial charge in [0.2, 0.25) is 0 Å². The highest BCUT2D eigenvalue weighted by molar-refractivity contribution is 6.09. The van der Waals surface area contributed by atoms with E-state index in [4.69, 9.17) is 0 Å². The molecule has 0 atom stereocenters. The molecule has 0 aliphatic heterocycles. The van der Waals surface area contributed by atoms with Crippen molar-refractivity contribution in [2.45, 2.75) is 65.2 Å². The summed E-state index contributed by atoms with van der Waals surface area (Å²) in [5.74, 6) is 0. The molecular formula is C40H42N2. The first kappa shape index (κ1) is 27.8. The smallest absolute Gasteiger partial charge is 0.0541 e. The Balaban J connectivity index is 1.44. The number of anilines is 3. The van der Waals surface area contributed by atoms with Crippen molar-refractivity contribution in [3.63, 3.8) is 0 Å². The number of para-hydroxylation sites is 2. The van der Waals surface area contributed by atoms with Crippen LogP contribution in [0.4, 0.5) is 17.1 Å². The van der Waals surface area contributed by atoms with Crippen LogP contribution in [0.1, 0.15) is 65.5 Å². The molecule has 5 aromatic carbocycles. The second-order valence-electron chi connectivity index (χ2n) is 13.2. The van der Waals surface area contributed by atoms with Crippen molar-refractivity contribution in [3.05, 3.63) is 132 Å². The molecular weight excluding hydrogens is 508 g/mol. The molecule has 0 saturated heterocycles. The maximum absolute atomic E-state index is 2.38. The van der Waals surface area contributed by atoms with Crippen LogP contribution in [0.15, 0.2) is 121 Å². The van der Waals surface area contributed by atoms with Crippen LogP contribution in [-0.2, 0) is 10.8 Å². The van der Waals surface area contributed by atoms with Crippen LogP contribution >= 0.6 is 0 Å². The highest BCUT2D eigenvalue weighted by Crippen LogP contribution is 2.39. The monoisotopic (exact) mass is 550 g/mol. The normalized spacial score (nSPS) is 12.2. The predicted molar refractivity (Wildman–Crippen MR) is 182 cm³/mol. The van der Waals surface area contributed by atoms with E-state index < -0.39 is 0 Å². The molecule has 6 aromatic rings. The number of aromatic nitrogens is 1. The van der Waals surface area contributed by atoms with Crippen molar-refractivity contribution in [1.82, 2.24) is 4.57 Å². The van der Waals surface area contributed by atoms with Gasteiger partial charge in [-0.3, -0.25) is 0 Å². The van der Waals surface area contributed by atoms with Gasteiger partial charge < -0.3 is 9.47 Å². The highest BCUT2D eigenvalue weighted by atomic mass is 15.1. The Hall–Kier alpha value is -4.30. The minimum Gasteiger partial charge on any atom is -0.311 e. The average Bonchev–Trinajstić information content (AvgIpc) is 3.32. The third-order valence-electron chi connectivity index (χ3n) is 8.72. The maximum Gasteiger partial charge on any atom is 0.0541 e. The summed E-state index contributed by atoms with van der Waals surface area (Å²) in [5, 5.41) is 2.56. The molecule has 2 heteroatoms. The number of hydrogen-bond donors (Lipinski definition) is 0. The van der Waals surface area contributed by atoms with E-state index in [1.54, 1.807) is 0 Å². The first-order chi connectivity index (χ1) is 20.2. The van der Waals surface area contributed by atoms with Gasteiger partial charge in [0.1, 0.15) is 0 Å². The zero-order chi connectivity index (χ0) is 29.5. The molecule has 0 N–H and O–H groups in total. The Labute approximate surface area is 251 Å². The summed E-state index contributed by atoms with van der Waals surface area (Å²) in [6.45, 7) is 13.8. The predicted octanol–water partition coefficient (Wildman–Crippen LogP) is 11.6. The van der Waals surface area contributed by atoms with Crippen LogP contribution in [0.2, 0.25) is 0 Å². The first-order valence-electron chi connectivity index (χ1n) is 15.3. The largest absolute Gasteiger partial charge is 0.311 e. The minimum absolute atomic E-state index is 0.111. The van der Waals surface area contributed by atoms with Gasteiger partial charge in [0.15, 0.2) is 0 Å². The van der Waals surface area contributed by atoms with E-state index >= 15 is 0 Å². The zero-order valence-corrected chi connectivity index (χ0v) is 25.9. The lowest BCUT2D eigenvalue weighted by atomic mass is 9.81. The summed E-state index contributed by atoms with van der Waals surface area (Å²) in [6, 6.07) is 44.6. The van der Waals surface area contributed by atoms with Gasteiger partial charge in [-0.15, -0.1) is 0 Å². The molecule has 42 heavy (non-hydrogen) atoms. The second kappa shape index (κ2) is 10.8. The number of rotatable bonds is 7. The van der Waals surface area contributed by atoms with Crippen LogP contribution < -0.4 is 4.90 Å². The fourth-order valence-corrected chi connectivity index (χ4v) is 6.34. The quantitative estimate of drug-likeness (QED) is 0.192.